The first kappa shape index (κ1) is 14.9. The van der Waals surface area contributed by atoms with Crippen LogP contribution in [0.2, 0.25) is 0 Å². The van der Waals surface area contributed by atoms with Crippen molar-refractivity contribution in [2.75, 3.05) is 19.8 Å². The molecule has 1 aromatic heterocycles. The van der Waals surface area contributed by atoms with Gasteiger partial charge in [-0.15, -0.1) is 5.10 Å². The quantitative estimate of drug-likeness (QED) is 0.902. The van der Waals surface area contributed by atoms with Crippen molar-refractivity contribution >= 4 is 11.5 Å². The Morgan fingerprint density at radius 3 is 2.84 bits per heavy atom. The molecule has 0 aromatic carbocycles. The van der Waals surface area contributed by atoms with Crippen LogP contribution in [0.15, 0.2) is 0 Å². The normalized spacial score (nSPS) is 21.8. The van der Waals surface area contributed by atoms with E-state index in [4.69, 9.17) is 4.74 Å². The van der Waals surface area contributed by atoms with Crippen LogP contribution in [0, 0.1) is 5.92 Å². The molecule has 2 unspecified atom stereocenters. The molecular weight excluding hydrogens is 258 g/mol. The van der Waals surface area contributed by atoms with E-state index in [0.717, 1.165) is 38.3 Å². The molecule has 2 rings (SSSR count). The molecule has 2 heterocycles. The molecule has 2 atom stereocenters. The molecule has 5 heteroatoms. The van der Waals surface area contributed by atoms with Crippen LogP contribution in [0.1, 0.15) is 57.1 Å². The molecule has 4 nitrogen and oxygen atoms in total. The molecule has 1 aromatic rings. The lowest BCUT2D eigenvalue weighted by atomic mass is 9.87. The van der Waals surface area contributed by atoms with Crippen molar-refractivity contribution in [2.45, 2.75) is 52.0 Å². The van der Waals surface area contributed by atoms with E-state index in [1.165, 1.54) is 4.88 Å². The van der Waals surface area contributed by atoms with E-state index in [0.29, 0.717) is 12.0 Å². The van der Waals surface area contributed by atoms with E-state index in [1.807, 2.05) is 0 Å². The highest BCUT2D eigenvalue weighted by Gasteiger charge is 2.33. The van der Waals surface area contributed by atoms with Crippen molar-refractivity contribution in [3.63, 3.8) is 0 Å². The van der Waals surface area contributed by atoms with Crippen LogP contribution in [-0.2, 0) is 10.2 Å². The molecule has 0 bridgehead atoms. The van der Waals surface area contributed by atoms with Crippen molar-refractivity contribution in [1.82, 2.24) is 14.9 Å². The Labute approximate surface area is 120 Å². The number of aromatic nitrogens is 2. The molecule has 108 valence electrons. The first-order valence-electron chi connectivity index (χ1n) is 7.18. The van der Waals surface area contributed by atoms with Crippen LogP contribution in [0.5, 0.6) is 0 Å². The minimum atomic E-state index is 0.0495. The summed E-state index contributed by atoms with van der Waals surface area (Å²) in [5.74, 6) is 0.551. The monoisotopic (exact) mass is 283 g/mol. The van der Waals surface area contributed by atoms with Crippen LogP contribution >= 0.6 is 11.5 Å². The van der Waals surface area contributed by atoms with Gasteiger partial charge in [-0.3, -0.25) is 0 Å². The predicted octanol–water partition coefficient (Wildman–Crippen LogP) is 2.91. The Bertz CT molecular complexity index is 394. The van der Waals surface area contributed by atoms with E-state index in [2.05, 4.69) is 42.6 Å². The van der Waals surface area contributed by atoms with Gasteiger partial charge in [0, 0.05) is 17.9 Å². The highest BCUT2D eigenvalue weighted by Crippen LogP contribution is 2.36. The van der Waals surface area contributed by atoms with E-state index in [-0.39, 0.29) is 5.41 Å². The lowest BCUT2D eigenvalue weighted by molar-refractivity contribution is 0.177. The molecule has 1 fully saturated rings. The molecular formula is C14H25N3OS. The fraction of sp³-hybridized carbons (Fsp3) is 0.857. The van der Waals surface area contributed by atoms with Crippen molar-refractivity contribution in [3.8, 4) is 0 Å². The summed E-state index contributed by atoms with van der Waals surface area (Å²) in [5, 5.41) is 8.05. The SMILES string of the molecule is CCCNC(c1snnc1C(C)(C)C)C1CCOC1. The molecule has 0 aliphatic carbocycles. The second kappa shape index (κ2) is 6.29. The van der Waals surface area contributed by atoms with Crippen LogP contribution in [0.25, 0.3) is 0 Å². The number of rotatable bonds is 5. The lowest BCUT2D eigenvalue weighted by Crippen LogP contribution is -2.31. The number of hydrogen-bond acceptors (Lipinski definition) is 5. The van der Waals surface area contributed by atoms with Crippen LogP contribution < -0.4 is 5.32 Å². The zero-order valence-corrected chi connectivity index (χ0v) is 13.2. The summed E-state index contributed by atoms with van der Waals surface area (Å²) in [7, 11) is 0. The molecule has 1 N–H and O–H groups in total. The summed E-state index contributed by atoms with van der Waals surface area (Å²) in [5.41, 5.74) is 1.19. The van der Waals surface area contributed by atoms with Gasteiger partial charge in [-0.1, -0.05) is 32.2 Å². The van der Waals surface area contributed by atoms with Crippen molar-refractivity contribution in [3.05, 3.63) is 10.6 Å². The van der Waals surface area contributed by atoms with Gasteiger partial charge in [0.1, 0.15) is 0 Å². The summed E-state index contributed by atoms with van der Waals surface area (Å²) in [6, 6.07) is 0.344. The van der Waals surface area contributed by atoms with E-state index in [9.17, 15) is 0 Å². The fourth-order valence-corrected chi connectivity index (χ4v) is 3.54. The summed E-state index contributed by atoms with van der Waals surface area (Å²) in [6.45, 7) is 11.6. The fourth-order valence-electron chi connectivity index (χ4n) is 2.51. The number of ether oxygens (including phenoxy) is 1. The Morgan fingerprint density at radius 2 is 2.26 bits per heavy atom. The predicted molar refractivity (Wildman–Crippen MR) is 78.6 cm³/mol. The first-order valence-corrected chi connectivity index (χ1v) is 7.95. The van der Waals surface area contributed by atoms with Gasteiger partial charge in [0.2, 0.25) is 0 Å². The van der Waals surface area contributed by atoms with Crippen LogP contribution in [-0.4, -0.2) is 29.3 Å². The minimum Gasteiger partial charge on any atom is -0.381 e. The zero-order valence-electron chi connectivity index (χ0n) is 12.4. The highest BCUT2D eigenvalue weighted by molar-refractivity contribution is 7.05. The Kier molecular flexibility index (Phi) is 4.92. The van der Waals surface area contributed by atoms with Crippen molar-refractivity contribution in [1.29, 1.82) is 0 Å². The third-order valence-electron chi connectivity index (χ3n) is 3.56. The Morgan fingerprint density at radius 1 is 1.47 bits per heavy atom. The van der Waals surface area contributed by atoms with Gasteiger partial charge in [-0.05, 0) is 30.9 Å². The van der Waals surface area contributed by atoms with E-state index < -0.39 is 0 Å². The number of nitrogens with one attached hydrogen (secondary N) is 1. The smallest absolute Gasteiger partial charge is 0.0857 e. The minimum absolute atomic E-state index is 0.0495. The molecule has 0 amide bonds. The van der Waals surface area contributed by atoms with Gasteiger partial charge in [-0.25, -0.2) is 0 Å². The molecule has 1 saturated heterocycles. The molecule has 0 spiro atoms. The van der Waals surface area contributed by atoms with Gasteiger partial charge in [0.15, 0.2) is 0 Å². The van der Waals surface area contributed by atoms with Gasteiger partial charge in [-0.2, -0.15) is 0 Å². The maximum Gasteiger partial charge on any atom is 0.0857 e. The first-order chi connectivity index (χ1) is 9.04. The summed E-state index contributed by atoms with van der Waals surface area (Å²) < 4.78 is 9.77. The van der Waals surface area contributed by atoms with Gasteiger partial charge >= 0.3 is 0 Å². The van der Waals surface area contributed by atoms with Crippen LogP contribution in [0.4, 0.5) is 0 Å². The van der Waals surface area contributed by atoms with E-state index in [1.54, 1.807) is 11.5 Å². The third-order valence-corrected chi connectivity index (χ3v) is 4.36. The molecule has 0 saturated carbocycles. The largest absolute Gasteiger partial charge is 0.381 e. The average molecular weight is 283 g/mol. The average Bonchev–Trinajstić information content (AvgIpc) is 2.99. The van der Waals surface area contributed by atoms with Gasteiger partial charge in [0.05, 0.1) is 23.2 Å². The lowest BCUT2D eigenvalue weighted by Gasteiger charge is -2.26. The number of hydrogen-bond donors (Lipinski definition) is 1. The zero-order chi connectivity index (χ0) is 13.9. The maximum absolute atomic E-state index is 5.57. The summed E-state index contributed by atoms with van der Waals surface area (Å²) >= 11 is 1.54. The molecule has 1 aliphatic heterocycles. The maximum atomic E-state index is 5.57. The summed E-state index contributed by atoms with van der Waals surface area (Å²) in [4.78, 5) is 1.30. The summed E-state index contributed by atoms with van der Waals surface area (Å²) in [6.07, 6.45) is 2.27. The third kappa shape index (κ3) is 3.52. The van der Waals surface area contributed by atoms with Gasteiger partial charge in [0.25, 0.3) is 0 Å². The van der Waals surface area contributed by atoms with Crippen LogP contribution in [0.3, 0.4) is 0 Å². The Balaban J connectivity index is 2.24. The van der Waals surface area contributed by atoms with Crippen molar-refractivity contribution < 1.29 is 4.74 Å². The Hall–Kier alpha value is -0.520. The molecule has 0 radical (unpaired) electrons. The topological polar surface area (TPSA) is 47.0 Å². The molecule has 1 aliphatic rings. The second-order valence-electron chi connectivity index (χ2n) is 6.29. The number of nitrogens with zero attached hydrogens (tertiary/aromatic N) is 2. The van der Waals surface area contributed by atoms with E-state index >= 15 is 0 Å². The van der Waals surface area contributed by atoms with Crippen molar-refractivity contribution in [2.24, 2.45) is 5.92 Å². The molecule has 19 heavy (non-hydrogen) atoms. The second-order valence-corrected chi connectivity index (χ2v) is 7.08. The highest BCUT2D eigenvalue weighted by atomic mass is 32.1. The standard InChI is InChI=1S/C14H25N3OS/c1-5-7-15-11(10-6-8-18-9-10)12-13(14(2,3)4)16-17-19-12/h10-11,15H,5-9H2,1-4H3. The van der Waals surface area contributed by atoms with Gasteiger partial charge < -0.3 is 10.1 Å².